The Balaban J connectivity index is 2.76. The van der Waals surface area contributed by atoms with E-state index in [4.69, 9.17) is 5.11 Å². The molecule has 0 aromatic heterocycles. The minimum atomic E-state index is 0.316. The van der Waals surface area contributed by atoms with Crippen LogP contribution < -0.4 is 0 Å². The minimum Gasteiger partial charge on any atom is -0.508 e. The summed E-state index contributed by atoms with van der Waals surface area (Å²) in [5.74, 6) is 0.316. The van der Waals surface area contributed by atoms with E-state index in [1.807, 2.05) is 19.1 Å². The molecular formula is C10H13NO. The van der Waals surface area contributed by atoms with Crippen LogP contribution in [0.25, 0.3) is 0 Å². The van der Waals surface area contributed by atoms with Crippen LogP contribution >= 0.6 is 0 Å². The van der Waals surface area contributed by atoms with Gasteiger partial charge in [-0.3, -0.25) is 4.99 Å². The second-order valence-electron chi connectivity index (χ2n) is 2.81. The van der Waals surface area contributed by atoms with Crippen molar-refractivity contribution in [1.29, 1.82) is 0 Å². The first-order valence-electron chi connectivity index (χ1n) is 3.92. The van der Waals surface area contributed by atoms with Gasteiger partial charge in [0.2, 0.25) is 0 Å². The Morgan fingerprint density at radius 2 is 2.25 bits per heavy atom. The molecule has 0 spiro atoms. The first kappa shape index (κ1) is 8.78. The van der Waals surface area contributed by atoms with Gasteiger partial charge in [-0.15, -0.1) is 0 Å². The number of phenolic OH excluding ortho intramolecular Hbond substituents is 1. The summed E-state index contributed by atoms with van der Waals surface area (Å²) >= 11 is 0. The van der Waals surface area contributed by atoms with Gasteiger partial charge in [0.25, 0.3) is 0 Å². The molecular weight excluding hydrogens is 150 g/mol. The molecule has 2 nitrogen and oxygen atoms in total. The fourth-order valence-electron chi connectivity index (χ4n) is 1.04. The number of hydrogen-bond donors (Lipinski definition) is 1. The van der Waals surface area contributed by atoms with Crippen LogP contribution in [0.2, 0.25) is 0 Å². The van der Waals surface area contributed by atoms with E-state index in [1.165, 1.54) is 0 Å². The van der Waals surface area contributed by atoms with E-state index in [1.54, 1.807) is 19.2 Å². The van der Waals surface area contributed by atoms with Crippen LogP contribution in [0.5, 0.6) is 5.75 Å². The van der Waals surface area contributed by atoms with Crippen LogP contribution in [0, 0.1) is 0 Å². The summed E-state index contributed by atoms with van der Waals surface area (Å²) < 4.78 is 0. The normalized spacial score (nSPS) is 11.7. The van der Waals surface area contributed by atoms with Crippen LogP contribution in [0.1, 0.15) is 12.5 Å². The van der Waals surface area contributed by atoms with Crippen LogP contribution in [0.4, 0.5) is 0 Å². The van der Waals surface area contributed by atoms with Gasteiger partial charge >= 0.3 is 0 Å². The van der Waals surface area contributed by atoms with E-state index >= 15 is 0 Å². The SMILES string of the molecule is CN=C(C)Cc1cccc(O)c1. The summed E-state index contributed by atoms with van der Waals surface area (Å²) in [6.07, 6.45) is 0.810. The maximum Gasteiger partial charge on any atom is 0.115 e. The van der Waals surface area contributed by atoms with Crippen LogP contribution in [-0.4, -0.2) is 17.9 Å². The van der Waals surface area contributed by atoms with Gasteiger partial charge in [-0.1, -0.05) is 12.1 Å². The summed E-state index contributed by atoms with van der Waals surface area (Å²) in [5.41, 5.74) is 2.17. The fourth-order valence-corrected chi connectivity index (χ4v) is 1.04. The molecule has 0 bridgehead atoms. The maximum atomic E-state index is 9.16. The van der Waals surface area contributed by atoms with Gasteiger partial charge in [0.05, 0.1) is 0 Å². The molecule has 0 unspecified atom stereocenters. The lowest BCUT2D eigenvalue weighted by Crippen LogP contribution is -1.96. The molecule has 1 aromatic carbocycles. The predicted molar refractivity (Wildman–Crippen MR) is 50.8 cm³/mol. The second kappa shape index (κ2) is 3.90. The molecule has 0 atom stereocenters. The quantitative estimate of drug-likeness (QED) is 0.665. The van der Waals surface area contributed by atoms with Crippen molar-refractivity contribution in [2.45, 2.75) is 13.3 Å². The third kappa shape index (κ3) is 2.38. The summed E-state index contributed by atoms with van der Waals surface area (Å²) in [7, 11) is 1.78. The summed E-state index contributed by atoms with van der Waals surface area (Å²) in [5, 5.41) is 9.16. The van der Waals surface area contributed by atoms with E-state index in [-0.39, 0.29) is 0 Å². The topological polar surface area (TPSA) is 32.6 Å². The molecule has 0 aliphatic carbocycles. The molecule has 0 saturated carbocycles. The average molecular weight is 163 g/mol. The molecule has 12 heavy (non-hydrogen) atoms. The van der Waals surface area contributed by atoms with E-state index in [0.29, 0.717) is 5.75 Å². The number of hydrogen-bond acceptors (Lipinski definition) is 2. The largest absolute Gasteiger partial charge is 0.508 e. The number of phenols is 1. The van der Waals surface area contributed by atoms with Gasteiger partial charge in [0, 0.05) is 19.2 Å². The number of aliphatic imine (C=N–C) groups is 1. The zero-order chi connectivity index (χ0) is 8.97. The van der Waals surface area contributed by atoms with Crippen LogP contribution in [0.15, 0.2) is 29.3 Å². The minimum absolute atomic E-state index is 0.316. The number of rotatable bonds is 2. The Morgan fingerprint density at radius 1 is 1.50 bits per heavy atom. The second-order valence-corrected chi connectivity index (χ2v) is 2.81. The summed E-state index contributed by atoms with van der Waals surface area (Å²) in [6, 6.07) is 7.25. The zero-order valence-corrected chi connectivity index (χ0v) is 7.41. The van der Waals surface area contributed by atoms with Gasteiger partial charge in [-0.25, -0.2) is 0 Å². The van der Waals surface area contributed by atoms with Crippen molar-refractivity contribution in [3.8, 4) is 5.75 Å². The maximum absolute atomic E-state index is 9.16. The van der Waals surface area contributed by atoms with Gasteiger partial charge in [-0.2, -0.15) is 0 Å². The molecule has 0 aliphatic heterocycles. The Kier molecular flexibility index (Phi) is 2.86. The predicted octanol–water partition coefficient (Wildman–Crippen LogP) is 2.03. The highest BCUT2D eigenvalue weighted by atomic mass is 16.3. The fraction of sp³-hybridized carbons (Fsp3) is 0.300. The average Bonchev–Trinajstić information content (AvgIpc) is 2.04. The Morgan fingerprint density at radius 3 is 2.83 bits per heavy atom. The van der Waals surface area contributed by atoms with Gasteiger partial charge in [0.15, 0.2) is 0 Å². The highest BCUT2D eigenvalue weighted by Gasteiger charge is 1.95. The lowest BCUT2D eigenvalue weighted by molar-refractivity contribution is 0.475. The molecule has 64 valence electrons. The summed E-state index contributed by atoms with van der Waals surface area (Å²) in [6.45, 7) is 1.98. The third-order valence-corrected chi connectivity index (χ3v) is 1.75. The van der Waals surface area contributed by atoms with E-state index in [2.05, 4.69) is 4.99 Å². The van der Waals surface area contributed by atoms with Gasteiger partial charge < -0.3 is 5.11 Å². The Hall–Kier alpha value is -1.31. The van der Waals surface area contributed by atoms with E-state index in [0.717, 1.165) is 17.7 Å². The molecule has 0 radical (unpaired) electrons. The van der Waals surface area contributed by atoms with Crippen molar-refractivity contribution >= 4 is 5.71 Å². The molecule has 1 rings (SSSR count). The van der Waals surface area contributed by atoms with Crippen molar-refractivity contribution in [3.63, 3.8) is 0 Å². The molecule has 0 fully saturated rings. The molecule has 0 amide bonds. The van der Waals surface area contributed by atoms with E-state index in [9.17, 15) is 0 Å². The zero-order valence-electron chi connectivity index (χ0n) is 7.41. The molecule has 0 saturated heterocycles. The Labute approximate surface area is 72.6 Å². The highest BCUT2D eigenvalue weighted by Crippen LogP contribution is 2.11. The summed E-state index contributed by atoms with van der Waals surface area (Å²) in [4.78, 5) is 4.05. The van der Waals surface area contributed by atoms with Crippen molar-refractivity contribution in [2.24, 2.45) is 4.99 Å². The van der Waals surface area contributed by atoms with Gasteiger partial charge in [-0.05, 0) is 24.6 Å². The Bertz CT molecular complexity index is 292. The lowest BCUT2D eigenvalue weighted by atomic mass is 10.1. The standard InChI is InChI=1S/C10H13NO/c1-8(11-2)6-9-4-3-5-10(12)7-9/h3-5,7,12H,6H2,1-2H3. The number of benzene rings is 1. The molecule has 0 aliphatic rings. The number of aromatic hydroxyl groups is 1. The molecule has 1 N–H and O–H groups in total. The van der Waals surface area contributed by atoms with Crippen molar-refractivity contribution in [1.82, 2.24) is 0 Å². The first-order valence-corrected chi connectivity index (χ1v) is 3.92. The number of nitrogens with zero attached hydrogens (tertiary/aromatic N) is 1. The first-order chi connectivity index (χ1) is 5.72. The highest BCUT2D eigenvalue weighted by molar-refractivity contribution is 5.84. The van der Waals surface area contributed by atoms with Gasteiger partial charge in [0.1, 0.15) is 5.75 Å². The molecule has 1 aromatic rings. The van der Waals surface area contributed by atoms with Crippen molar-refractivity contribution < 1.29 is 5.11 Å². The third-order valence-electron chi connectivity index (χ3n) is 1.75. The smallest absolute Gasteiger partial charge is 0.115 e. The monoisotopic (exact) mass is 163 g/mol. The van der Waals surface area contributed by atoms with Crippen LogP contribution in [0.3, 0.4) is 0 Å². The van der Waals surface area contributed by atoms with E-state index < -0.39 is 0 Å². The van der Waals surface area contributed by atoms with Crippen molar-refractivity contribution in [2.75, 3.05) is 7.05 Å². The molecule has 0 heterocycles. The van der Waals surface area contributed by atoms with Crippen molar-refractivity contribution in [3.05, 3.63) is 29.8 Å². The lowest BCUT2D eigenvalue weighted by Gasteiger charge is -2.00. The van der Waals surface area contributed by atoms with Crippen LogP contribution in [-0.2, 0) is 6.42 Å². The molecule has 2 heteroatoms.